The van der Waals surface area contributed by atoms with Crippen molar-refractivity contribution in [3.63, 3.8) is 0 Å². The summed E-state index contributed by atoms with van der Waals surface area (Å²) in [6, 6.07) is 0. The molecule has 0 radical (unpaired) electrons. The number of carbonyl (C=O) groups is 3. The Morgan fingerprint density at radius 1 is 1.23 bits per heavy atom. The first-order valence-electron chi connectivity index (χ1n) is 7.52. The van der Waals surface area contributed by atoms with Crippen molar-refractivity contribution < 1.29 is 28.6 Å². The van der Waals surface area contributed by atoms with E-state index in [-0.39, 0.29) is 25.4 Å². The molecule has 2 aliphatic carbocycles. The van der Waals surface area contributed by atoms with Gasteiger partial charge in [0.15, 0.2) is 0 Å². The Morgan fingerprint density at radius 3 is 2.45 bits per heavy atom. The lowest BCUT2D eigenvalue weighted by molar-refractivity contribution is -0.183. The average molecular weight is 310 g/mol. The van der Waals surface area contributed by atoms with Gasteiger partial charge in [-0.05, 0) is 19.3 Å². The largest absolute Gasteiger partial charge is 0.466 e. The van der Waals surface area contributed by atoms with Crippen LogP contribution in [-0.4, -0.2) is 37.2 Å². The Labute approximate surface area is 129 Å². The van der Waals surface area contributed by atoms with Crippen LogP contribution in [-0.2, 0) is 28.6 Å². The summed E-state index contributed by atoms with van der Waals surface area (Å²) < 4.78 is 15.3. The number of fused-ring (bicyclic) bond motifs is 1. The fourth-order valence-electron chi connectivity index (χ4n) is 3.47. The number of hydrogen-bond acceptors (Lipinski definition) is 6. The maximum absolute atomic E-state index is 12.3. The lowest BCUT2D eigenvalue weighted by Gasteiger charge is -2.29. The zero-order valence-electron chi connectivity index (χ0n) is 13.3. The van der Waals surface area contributed by atoms with Crippen LogP contribution >= 0.6 is 0 Å². The van der Waals surface area contributed by atoms with Crippen molar-refractivity contribution in [1.29, 1.82) is 0 Å². The lowest BCUT2D eigenvalue weighted by Crippen LogP contribution is -2.44. The van der Waals surface area contributed by atoms with E-state index >= 15 is 0 Å². The summed E-state index contributed by atoms with van der Waals surface area (Å²) in [4.78, 5) is 35.8. The minimum atomic E-state index is -1.30. The molecular weight excluding hydrogens is 288 g/mol. The van der Waals surface area contributed by atoms with Gasteiger partial charge in [0, 0.05) is 30.3 Å². The molecule has 0 saturated heterocycles. The molecule has 0 aromatic heterocycles. The minimum Gasteiger partial charge on any atom is -0.466 e. The van der Waals surface area contributed by atoms with Crippen LogP contribution < -0.4 is 0 Å². The second kappa shape index (κ2) is 5.74. The SMILES string of the molecule is C=C(C(=O)OC)C12CC1CC(OC(=O)CC)(C(=O)OCC)C2. The summed E-state index contributed by atoms with van der Waals surface area (Å²) in [7, 11) is 1.30. The summed E-state index contributed by atoms with van der Waals surface area (Å²) in [5.41, 5.74) is -1.46. The maximum atomic E-state index is 12.3. The Hall–Kier alpha value is -1.85. The number of esters is 3. The highest BCUT2D eigenvalue weighted by Gasteiger charge is 2.71. The van der Waals surface area contributed by atoms with Gasteiger partial charge in [0.25, 0.3) is 0 Å². The monoisotopic (exact) mass is 310 g/mol. The Balaban J connectivity index is 2.24. The van der Waals surface area contributed by atoms with E-state index in [0.717, 1.165) is 6.42 Å². The molecule has 2 saturated carbocycles. The molecule has 0 heterocycles. The Morgan fingerprint density at radius 2 is 1.91 bits per heavy atom. The van der Waals surface area contributed by atoms with E-state index in [0.29, 0.717) is 12.0 Å². The zero-order chi connectivity index (χ0) is 16.5. The molecule has 0 aromatic carbocycles. The first-order chi connectivity index (χ1) is 10.3. The third-order valence-electron chi connectivity index (χ3n) is 4.69. The molecule has 3 atom stereocenters. The molecule has 6 nitrogen and oxygen atoms in total. The van der Waals surface area contributed by atoms with Crippen molar-refractivity contribution in [3.05, 3.63) is 12.2 Å². The number of hydrogen-bond donors (Lipinski definition) is 0. The van der Waals surface area contributed by atoms with Crippen LogP contribution in [0.5, 0.6) is 0 Å². The molecule has 6 heteroatoms. The van der Waals surface area contributed by atoms with Gasteiger partial charge in [0.1, 0.15) is 0 Å². The molecule has 0 amide bonds. The van der Waals surface area contributed by atoms with Gasteiger partial charge in [0.2, 0.25) is 5.60 Å². The number of rotatable bonds is 6. The van der Waals surface area contributed by atoms with Crippen molar-refractivity contribution in [2.45, 2.75) is 45.1 Å². The fraction of sp³-hybridized carbons (Fsp3) is 0.688. The summed E-state index contributed by atoms with van der Waals surface area (Å²) >= 11 is 0. The Bertz CT molecular complexity index is 525. The van der Waals surface area contributed by atoms with Crippen molar-refractivity contribution in [2.75, 3.05) is 13.7 Å². The molecule has 0 aromatic rings. The number of carbonyl (C=O) groups excluding carboxylic acids is 3. The van der Waals surface area contributed by atoms with Crippen LogP contribution in [0.3, 0.4) is 0 Å². The predicted molar refractivity (Wildman–Crippen MR) is 76.7 cm³/mol. The number of ether oxygens (including phenoxy) is 3. The molecule has 2 fully saturated rings. The normalized spacial score (nSPS) is 31.9. The molecule has 2 aliphatic rings. The maximum Gasteiger partial charge on any atom is 0.350 e. The van der Waals surface area contributed by atoms with E-state index in [1.807, 2.05) is 0 Å². The first kappa shape index (κ1) is 16.5. The third kappa shape index (κ3) is 2.51. The highest BCUT2D eigenvalue weighted by atomic mass is 16.6. The molecule has 0 spiro atoms. The van der Waals surface area contributed by atoms with Gasteiger partial charge in [-0.1, -0.05) is 13.5 Å². The summed E-state index contributed by atoms with van der Waals surface area (Å²) in [5, 5.41) is 0. The average Bonchev–Trinajstić information content (AvgIpc) is 3.09. The van der Waals surface area contributed by atoms with Crippen molar-refractivity contribution in [1.82, 2.24) is 0 Å². The second-order valence-electron chi connectivity index (χ2n) is 5.95. The van der Waals surface area contributed by atoms with Crippen LogP contribution in [0.25, 0.3) is 0 Å². The van der Waals surface area contributed by atoms with Crippen LogP contribution in [0.15, 0.2) is 12.2 Å². The van der Waals surface area contributed by atoms with Gasteiger partial charge in [0.05, 0.1) is 13.7 Å². The minimum absolute atomic E-state index is 0.0909. The van der Waals surface area contributed by atoms with Gasteiger partial charge in [-0.2, -0.15) is 0 Å². The van der Waals surface area contributed by atoms with Crippen LogP contribution in [0.1, 0.15) is 39.5 Å². The van der Waals surface area contributed by atoms with Gasteiger partial charge in [-0.15, -0.1) is 0 Å². The van der Waals surface area contributed by atoms with E-state index in [2.05, 4.69) is 6.58 Å². The van der Waals surface area contributed by atoms with E-state index in [1.54, 1.807) is 13.8 Å². The molecule has 0 aliphatic heterocycles. The quantitative estimate of drug-likeness (QED) is 0.423. The summed E-state index contributed by atoms with van der Waals surface area (Å²) in [6.07, 6.45) is 1.54. The van der Waals surface area contributed by atoms with Crippen LogP contribution in [0, 0.1) is 11.3 Å². The molecule has 0 N–H and O–H groups in total. The smallest absolute Gasteiger partial charge is 0.350 e. The van der Waals surface area contributed by atoms with Gasteiger partial charge in [-0.25, -0.2) is 9.59 Å². The summed E-state index contributed by atoms with van der Waals surface area (Å²) in [5.74, 6) is -1.38. The highest BCUT2D eigenvalue weighted by molar-refractivity contribution is 5.92. The first-order valence-corrected chi connectivity index (χ1v) is 7.52. The molecule has 22 heavy (non-hydrogen) atoms. The second-order valence-corrected chi connectivity index (χ2v) is 5.95. The molecule has 122 valence electrons. The third-order valence-corrected chi connectivity index (χ3v) is 4.69. The molecular formula is C16H22O6. The molecule has 0 bridgehead atoms. The van der Waals surface area contributed by atoms with Gasteiger partial charge in [-0.3, -0.25) is 4.79 Å². The number of methoxy groups -OCH3 is 1. The summed E-state index contributed by atoms with van der Waals surface area (Å²) in [6.45, 7) is 7.40. The Kier molecular flexibility index (Phi) is 4.31. The topological polar surface area (TPSA) is 78.9 Å². The standard InChI is InChI=1S/C16H22O6/c1-5-12(17)22-16(14(19)21-6-2)8-11-7-15(11,9-16)10(3)13(18)20-4/h11H,3,5-9H2,1-2,4H3. The zero-order valence-corrected chi connectivity index (χ0v) is 13.3. The lowest BCUT2D eigenvalue weighted by atomic mass is 9.88. The van der Waals surface area contributed by atoms with Crippen molar-refractivity contribution in [3.8, 4) is 0 Å². The molecule has 3 unspecified atom stereocenters. The van der Waals surface area contributed by atoms with E-state index in [1.165, 1.54) is 7.11 Å². The molecule has 2 rings (SSSR count). The fourth-order valence-corrected chi connectivity index (χ4v) is 3.47. The van der Waals surface area contributed by atoms with Crippen molar-refractivity contribution >= 4 is 17.9 Å². The van der Waals surface area contributed by atoms with Crippen LogP contribution in [0.4, 0.5) is 0 Å². The predicted octanol–water partition coefficient (Wildman–Crippen LogP) is 1.77. The van der Waals surface area contributed by atoms with Gasteiger partial charge >= 0.3 is 17.9 Å². The van der Waals surface area contributed by atoms with E-state index in [9.17, 15) is 14.4 Å². The highest BCUT2D eigenvalue weighted by Crippen LogP contribution is 2.70. The van der Waals surface area contributed by atoms with E-state index in [4.69, 9.17) is 14.2 Å². The van der Waals surface area contributed by atoms with Crippen LogP contribution in [0.2, 0.25) is 0 Å². The van der Waals surface area contributed by atoms with Crippen molar-refractivity contribution in [2.24, 2.45) is 11.3 Å². The van der Waals surface area contributed by atoms with Gasteiger partial charge < -0.3 is 14.2 Å². The van der Waals surface area contributed by atoms with E-state index < -0.39 is 28.9 Å².